The van der Waals surface area contributed by atoms with Gasteiger partial charge in [-0.1, -0.05) is 12.8 Å². The van der Waals surface area contributed by atoms with Crippen molar-refractivity contribution in [2.75, 3.05) is 6.26 Å². The van der Waals surface area contributed by atoms with Crippen LogP contribution in [-0.4, -0.2) is 47.5 Å². The molecule has 1 aromatic heterocycles. The summed E-state index contributed by atoms with van der Waals surface area (Å²) >= 11 is 0. The maximum absolute atomic E-state index is 13.2. The Morgan fingerprint density at radius 3 is 2.50 bits per heavy atom. The van der Waals surface area contributed by atoms with Crippen molar-refractivity contribution in [3.05, 3.63) is 41.2 Å². The number of hydrogen-bond donors (Lipinski definition) is 0. The van der Waals surface area contributed by atoms with Crippen molar-refractivity contribution < 1.29 is 31.1 Å². The summed E-state index contributed by atoms with van der Waals surface area (Å²) in [5.41, 5.74) is 1.41. The average molecular weight is 472 g/mol. The van der Waals surface area contributed by atoms with E-state index < -0.39 is 28.0 Å². The van der Waals surface area contributed by atoms with Gasteiger partial charge in [0.1, 0.15) is 5.75 Å². The second kappa shape index (κ2) is 8.09. The molecule has 7 nitrogen and oxygen atoms in total. The number of aromatic nitrogens is 2. The van der Waals surface area contributed by atoms with E-state index in [1.807, 2.05) is 10.9 Å². The van der Waals surface area contributed by atoms with Crippen LogP contribution < -0.4 is 4.74 Å². The van der Waals surface area contributed by atoms with Crippen LogP contribution in [0.15, 0.2) is 29.3 Å². The highest BCUT2D eigenvalue weighted by Gasteiger charge is 2.39. The fraction of sp³-hybridized carbons (Fsp3) is 0.524. The van der Waals surface area contributed by atoms with Gasteiger partial charge in [-0.2, -0.15) is 18.3 Å². The number of carbonyl (C=O) groups is 1. The first-order valence-electron chi connectivity index (χ1n) is 10.4. The molecule has 0 spiro atoms. The number of amides is 1. The molecule has 1 unspecified atom stereocenters. The quantitative estimate of drug-likeness (QED) is 0.661. The largest absolute Gasteiger partial charge is 0.480 e. The minimum absolute atomic E-state index is 0.170. The van der Waals surface area contributed by atoms with Crippen molar-refractivity contribution in [2.45, 2.75) is 68.9 Å². The highest BCUT2D eigenvalue weighted by molar-refractivity contribution is 7.90. The third kappa shape index (κ3) is 4.48. The lowest BCUT2D eigenvalue weighted by Crippen LogP contribution is -2.33. The number of hydrogen-bond acceptors (Lipinski definition) is 5. The summed E-state index contributed by atoms with van der Waals surface area (Å²) in [5, 5.41) is 4.61. The number of carbonyl (C=O) groups excluding carboxylic acids is 1. The Kier molecular flexibility index (Phi) is 5.72. The normalized spacial score (nSPS) is 18.1. The topological polar surface area (TPSA) is 81.5 Å². The van der Waals surface area contributed by atoms with Gasteiger partial charge in [-0.25, -0.2) is 8.42 Å². The Balaban J connectivity index is 1.60. The van der Waals surface area contributed by atoms with E-state index in [1.54, 1.807) is 0 Å². The third-order valence-corrected chi connectivity index (χ3v) is 7.07. The van der Waals surface area contributed by atoms with Crippen LogP contribution in [0.2, 0.25) is 0 Å². The van der Waals surface area contributed by atoms with Crippen molar-refractivity contribution in [3.8, 4) is 5.75 Å². The minimum Gasteiger partial charge on any atom is -0.480 e. The fourth-order valence-electron chi connectivity index (χ4n) is 4.11. The van der Waals surface area contributed by atoms with E-state index in [2.05, 4.69) is 5.10 Å². The molecule has 4 rings (SSSR count). The number of fused-ring (bicyclic) bond motifs is 1. The van der Waals surface area contributed by atoms with Crippen LogP contribution in [0.4, 0.5) is 13.2 Å². The maximum Gasteiger partial charge on any atom is 0.425 e. The van der Waals surface area contributed by atoms with Crippen molar-refractivity contribution in [1.29, 1.82) is 0 Å². The number of rotatable bonds is 5. The number of nitrogens with zero attached hydrogens (tertiary/aromatic N) is 3. The predicted molar refractivity (Wildman–Crippen MR) is 109 cm³/mol. The van der Waals surface area contributed by atoms with Crippen molar-refractivity contribution in [2.24, 2.45) is 0 Å². The lowest BCUT2D eigenvalue weighted by molar-refractivity contribution is -0.189. The second-order valence-electron chi connectivity index (χ2n) is 8.41. The predicted octanol–water partition coefficient (Wildman–Crippen LogP) is 3.89. The number of sulfone groups is 1. The molecule has 1 atom stereocenters. The molecule has 0 saturated heterocycles. The van der Waals surface area contributed by atoms with Crippen molar-refractivity contribution in [3.63, 3.8) is 0 Å². The number of ether oxygens (including phenoxy) is 1. The minimum atomic E-state index is -4.64. The molecule has 174 valence electrons. The summed E-state index contributed by atoms with van der Waals surface area (Å²) in [5.74, 6) is -0.918. The Bertz CT molecular complexity index is 1110. The molecule has 1 aliphatic carbocycles. The van der Waals surface area contributed by atoms with Gasteiger partial charge in [-0.05, 0) is 38.0 Å². The van der Waals surface area contributed by atoms with E-state index in [4.69, 9.17) is 4.74 Å². The molecule has 0 bridgehead atoms. The van der Waals surface area contributed by atoms with Gasteiger partial charge in [-0.15, -0.1) is 0 Å². The highest BCUT2D eigenvalue weighted by atomic mass is 32.2. The molecular formula is C21H24F3N3O4S. The summed E-state index contributed by atoms with van der Waals surface area (Å²) < 4.78 is 69.9. The third-order valence-electron chi connectivity index (χ3n) is 5.96. The van der Waals surface area contributed by atoms with Crippen LogP contribution in [0, 0.1) is 0 Å². The fourth-order valence-corrected chi connectivity index (χ4v) is 4.76. The molecule has 0 N–H and O–H groups in total. The van der Waals surface area contributed by atoms with Crippen LogP contribution in [0.3, 0.4) is 0 Å². The molecule has 0 radical (unpaired) electrons. The number of benzene rings is 1. The van der Waals surface area contributed by atoms with Gasteiger partial charge >= 0.3 is 6.18 Å². The molecule has 32 heavy (non-hydrogen) atoms. The van der Waals surface area contributed by atoms with E-state index >= 15 is 0 Å². The monoisotopic (exact) mass is 471 g/mol. The lowest BCUT2D eigenvalue weighted by atomic mass is 10.1. The molecule has 1 aromatic carbocycles. The molecule has 11 heteroatoms. The van der Waals surface area contributed by atoms with Crippen LogP contribution in [0.25, 0.3) is 0 Å². The van der Waals surface area contributed by atoms with Gasteiger partial charge in [0.15, 0.2) is 15.9 Å². The maximum atomic E-state index is 13.2. The van der Waals surface area contributed by atoms with Gasteiger partial charge < -0.3 is 9.64 Å². The van der Waals surface area contributed by atoms with Crippen LogP contribution in [0.5, 0.6) is 5.75 Å². The van der Waals surface area contributed by atoms with E-state index in [0.717, 1.165) is 68.3 Å². The highest BCUT2D eigenvalue weighted by Crippen LogP contribution is 2.34. The lowest BCUT2D eigenvalue weighted by Gasteiger charge is -2.22. The van der Waals surface area contributed by atoms with Gasteiger partial charge in [-0.3, -0.25) is 9.48 Å². The standard InChI is InChI=1S/C21H24F3N3O4S/c1-13(21(22,23)24)31-19-8-7-16(32(2,29)30)9-17(19)20(28)26-10-14-11-27(25-18(14)12-26)15-5-3-4-6-15/h7-9,11,13,15H,3-6,10,12H2,1-2H3. The van der Waals surface area contributed by atoms with Gasteiger partial charge in [0.2, 0.25) is 0 Å². The van der Waals surface area contributed by atoms with Crippen molar-refractivity contribution >= 4 is 15.7 Å². The van der Waals surface area contributed by atoms with E-state index in [9.17, 15) is 26.4 Å². The zero-order valence-corrected chi connectivity index (χ0v) is 18.5. The Hall–Kier alpha value is -2.56. The second-order valence-corrected chi connectivity index (χ2v) is 10.4. The first-order valence-corrected chi connectivity index (χ1v) is 12.3. The number of halogens is 3. The SMILES string of the molecule is CC(Oc1ccc(S(C)(=O)=O)cc1C(=O)N1Cc2cn(C3CCCC3)nc2C1)C(F)(F)F. The van der Waals surface area contributed by atoms with Gasteiger partial charge in [0, 0.05) is 24.6 Å². The molecule has 2 aromatic rings. The van der Waals surface area contributed by atoms with E-state index in [1.165, 1.54) is 4.90 Å². The average Bonchev–Trinajstić information content (AvgIpc) is 3.41. The molecule has 2 aliphatic rings. The zero-order chi connectivity index (χ0) is 23.3. The van der Waals surface area contributed by atoms with Crippen LogP contribution >= 0.6 is 0 Å². The van der Waals surface area contributed by atoms with E-state index in [-0.39, 0.29) is 29.3 Å². The van der Waals surface area contributed by atoms with Gasteiger partial charge in [0.25, 0.3) is 5.91 Å². The molecule has 1 fully saturated rings. The van der Waals surface area contributed by atoms with Crippen LogP contribution in [-0.2, 0) is 22.9 Å². The molecule has 1 saturated carbocycles. The first kappa shape index (κ1) is 22.6. The van der Waals surface area contributed by atoms with Crippen molar-refractivity contribution in [1.82, 2.24) is 14.7 Å². The first-order chi connectivity index (χ1) is 14.9. The Morgan fingerprint density at radius 1 is 1.22 bits per heavy atom. The summed E-state index contributed by atoms with van der Waals surface area (Å²) in [6.07, 6.45) is 0.554. The van der Waals surface area contributed by atoms with Crippen LogP contribution in [0.1, 0.15) is 60.3 Å². The Labute approximate surface area is 184 Å². The van der Waals surface area contributed by atoms with Gasteiger partial charge in [0.05, 0.1) is 28.7 Å². The number of alkyl halides is 3. The molecule has 1 aliphatic heterocycles. The molecular weight excluding hydrogens is 447 g/mol. The molecule has 2 heterocycles. The zero-order valence-electron chi connectivity index (χ0n) is 17.7. The summed E-state index contributed by atoms with van der Waals surface area (Å²) in [6.45, 7) is 1.28. The smallest absolute Gasteiger partial charge is 0.425 e. The molecule has 1 amide bonds. The van der Waals surface area contributed by atoms with E-state index in [0.29, 0.717) is 6.04 Å². The summed E-state index contributed by atoms with van der Waals surface area (Å²) in [7, 11) is -3.68. The summed E-state index contributed by atoms with van der Waals surface area (Å²) in [4.78, 5) is 14.5. The Morgan fingerprint density at radius 2 is 1.91 bits per heavy atom. The summed E-state index contributed by atoms with van der Waals surface area (Å²) in [6, 6.07) is 3.67.